The van der Waals surface area contributed by atoms with Crippen molar-refractivity contribution < 1.29 is 23.9 Å². The zero-order chi connectivity index (χ0) is 28.2. The van der Waals surface area contributed by atoms with Crippen molar-refractivity contribution in [2.45, 2.75) is 84.0 Å². The van der Waals surface area contributed by atoms with Crippen molar-refractivity contribution >= 4 is 23.8 Å². The van der Waals surface area contributed by atoms with Crippen LogP contribution >= 0.6 is 0 Å². The number of primary amides is 1. The Hall–Kier alpha value is -3.80. The highest BCUT2D eigenvalue weighted by atomic mass is 16.6. The van der Waals surface area contributed by atoms with Gasteiger partial charge in [-0.05, 0) is 58.2 Å². The fraction of sp³-hybridized carbons (Fsp3) is 0.500. The largest absolute Gasteiger partial charge is 0.444 e. The molecule has 0 radical (unpaired) electrons. The second-order valence-corrected chi connectivity index (χ2v) is 9.85. The maximum atomic E-state index is 13.8. The summed E-state index contributed by atoms with van der Waals surface area (Å²) in [6.07, 6.45) is 7.54. The summed E-state index contributed by atoms with van der Waals surface area (Å²) < 4.78 is 5.31. The van der Waals surface area contributed by atoms with Crippen molar-refractivity contribution in [3.63, 3.8) is 0 Å². The first-order chi connectivity index (χ1) is 17.3. The van der Waals surface area contributed by atoms with Gasteiger partial charge in [0.1, 0.15) is 17.7 Å². The van der Waals surface area contributed by atoms with E-state index in [0.29, 0.717) is 11.1 Å². The topological polar surface area (TPSA) is 131 Å². The van der Waals surface area contributed by atoms with Crippen LogP contribution in [-0.4, -0.2) is 52.9 Å². The highest BCUT2D eigenvalue weighted by molar-refractivity contribution is 5.92. The number of hydrogen-bond donors (Lipinski definition) is 3. The van der Waals surface area contributed by atoms with Crippen molar-refractivity contribution in [1.82, 2.24) is 15.5 Å². The first kappa shape index (κ1) is 31.2. The Kier molecular flexibility index (Phi) is 12.4. The van der Waals surface area contributed by atoms with Gasteiger partial charge in [0, 0.05) is 24.6 Å². The molecule has 3 unspecified atom stereocenters. The maximum Gasteiger partial charge on any atom is 0.408 e. The van der Waals surface area contributed by atoms with Crippen molar-refractivity contribution in [1.29, 1.82) is 0 Å². The molecule has 4 amide bonds. The van der Waals surface area contributed by atoms with Gasteiger partial charge in [-0.25, -0.2) is 4.79 Å². The number of nitrogens with two attached hydrogens (primary N) is 1. The molecule has 0 saturated carbocycles. The van der Waals surface area contributed by atoms with E-state index >= 15 is 0 Å². The third-order valence-electron chi connectivity index (χ3n) is 5.34. The lowest BCUT2D eigenvalue weighted by atomic mass is 9.99. The molecule has 0 aliphatic carbocycles. The molecular formula is C28H40N4O5. The zero-order valence-corrected chi connectivity index (χ0v) is 22.5. The first-order valence-electron chi connectivity index (χ1n) is 12.4. The van der Waals surface area contributed by atoms with Gasteiger partial charge in [-0.1, -0.05) is 37.5 Å². The molecule has 0 spiro atoms. The lowest BCUT2D eigenvalue weighted by Crippen LogP contribution is -2.53. The number of benzene rings is 1. The molecule has 0 heterocycles. The smallest absolute Gasteiger partial charge is 0.408 e. The van der Waals surface area contributed by atoms with Gasteiger partial charge in [0.15, 0.2) is 0 Å². The summed E-state index contributed by atoms with van der Waals surface area (Å²) in [7, 11) is 0. The molecule has 0 fully saturated rings. The van der Waals surface area contributed by atoms with E-state index in [1.54, 1.807) is 45.0 Å². The number of hydrogen-bond acceptors (Lipinski definition) is 5. The van der Waals surface area contributed by atoms with Crippen LogP contribution in [0.3, 0.4) is 0 Å². The second-order valence-electron chi connectivity index (χ2n) is 9.85. The van der Waals surface area contributed by atoms with E-state index in [0.717, 1.165) is 12.8 Å². The summed E-state index contributed by atoms with van der Waals surface area (Å²) in [6.45, 7) is 12.7. The molecule has 202 valence electrons. The molecule has 1 aromatic rings. The molecule has 0 bridgehead atoms. The van der Waals surface area contributed by atoms with Crippen molar-refractivity contribution in [2.24, 2.45) is 5.73 Å². The molecule has 1 rings (SSSR count). The number of nitrogens with zero attached hydrogens (tertiary/aromatic N) is 1. The van der Waals surface area contributed by atoms with E-state index in [1.807, 2.05) is 13.8 Å². The zero-order valence-electron chi connectivity index (χ0n) is 22.5. The summed E-state index contributed by atoms with van der Waals surface area (Å²) in [5.41, 5.74) is 5.66. The summed E-state index contributed by atoms with van der Waals surface area (Å²) in [6, 6.07) is 4.40. The highest BCUT2D eigenvalue weighted by Gasteiger charge is 2.36. The van der Waals surface area contributed by atoms with E-state index in [1.165, 1.54) is 11.0 Å². The number of carbonyl (C=O) groups is 4. The van der Waals surface area contributed by atoms with E-state index in [2.05, 4.69) is 23.1 Å². The van der Waals surface area contributed by atoms with Crippen molar-refractivity contribution in [2.75, 3.05) is 6.54 Å². The van der Waals surface area contributed by atoms with Gasteiger partial charge >= 0.3 is 6.09 Å². The number of amides is 4. The standard InChI is InChI=1S/C28H40N4O5/c1-8-11-19(4)30-25(34)24(21-14-12-20(10-3)13-15-21)32(18-9-2)26(35)22(16-17-23(29)33)31-27(36)37-28(5,6)7/h3,9,12-15,19,22,24H,2,8,11,16-18H2,1,4-7H3,(H2,29,33)(H,30,34)(H,31,36). The highest BCUT2D eigenvalue weighted by Crippen LogP contribution is 2.24. The maximum absolute atomic E-state index is 13.8. The van der Waals surface area contributed by atoms with Crippen LogP contribution in [0.15, 0.2) is 36.9 Å². The molecule has 9 heteroatoms. The van der Waals surface area contributed by atoms with Crippen LogP contribution in [0.4, 0.5) is 4.79 Å². The Morgan fingerprint density at radius 3 is 2.27 bits per heavy atom. The Labute approximate surface area is 220 Å². The van der Waals surface area contributed by atoms with Gasteiger partial charge in [0.2, 0.25) is 17.7 Å². The normalized spacial score (nSPS) is 13.3. The van der Waals surface area contributed by atoms with Gasteiger partial charge in [0.25, 0.3) is 0 Å². The number of ether oxygens (including phenoxy) is 1. The van der Waals surface area contributed by atoms with E-state index in [4.69, 9.17) is 16.9 Å². The summed E-state index contributed by atoms with van der Waals surface area (Å²) in [4.78, 5) is 52.7. The quantitative estimate of drug-likeness (QED) is 0.276. The van der Waals surface area contributed by atoms with Gasteiger partial charge in [-0.15, -0.1) is 13.0 Å². The minimum atomic E-state index is -1.17. The fourth-order valence-corrected chi connectivity index (χ4v) is 3.72. The van der Waals surface area contributed by atoms with Crippen LogP contribution in [0.25, 0.3) is 0 Å². The van der Waals surface area contributed by atoms with Gasteiger partial charge in [-0.3, -0.25) is 14.4 Å². The molecule has 0 aliphatic rings. The van der Waals surface area contributed by atoms with Crippen LogP contribution in [-0.2, 0) is 19.1 Å². The number of rotatable bonds is 13. The Morgan fingerprint density at radius 1 is 1.16 bits per heavy atom. The van der Waals surface area contributed by atoms with Crippen molar-refractivity contribution in [3.8, 4) is 12.3 Å². The lowest BCUT2D eigenvalue weighted by molar-refractivity contribution is -0.142. The number of nitrogens with one attached hydrogen (secondary N) is 2. The minimum Gasteiger partial charge on any atom is -0.444 e. The van der Waals surface area contributed by atoms with Crippen LogP contribution in [0.5, 0.6) is 0 Å². The average molecular weight is 513 g/mol. The van der Waals surface area contributed by atoms with Crippen LogP contribution < -0.4 is 16.4 Å². The van der Waals surface area contributed by atoms with Crippen molar-refractivity contribution in [3.05, 3.63) is 48.0 Å². The molecule has 0 aliphatic heterocycles. The van der Waals surface area contributed by atoms with Crippen LogP contribution in [0.1, 0.15) is 77.5 Å². The van der Waals surface area contributed by atoms with Gasteiger partial charge < -0.3 is 26.0 Å². The number of carbonyl (C=O) groups excluding carboxylic acids is 4. The lowest BCUT2D eigenvalue weighted by Gasteiger charge is -2.34. The predicted molar refractivity (Wildman–Crippen MR) is 143 cm³/mol. The number of terminal acetylenes is 1. The summed E-state index contributed by atoms with van der Waals surface area (Å²) in [5, 5.41) is 5.51. The van der Waals surface area contributed by atoms with E-state index < -0.39 is 41.5 Å². The molecule has 9 nitrogen and oxygen atoms in total. The Morgan fingerprint density at radius 2 is 1.78 bits per heavy atom. The number of alkyl carbamates (subject to hydrolysis) is 1. The molecular weight excluding hydrogens is 472 g/mol. The Bertz CT molecular complexity index is 991. The van der Waals surface area contributed by atoms with Crippen LogP contribution in [0, 0.1) is 12.3 Å². The minimum absolute atomic E-state index is 0.000953. The third kappa shape index (κ3) is 10.8. The van der Waals surface area contributed by atoms with Gasteiger partial charge in [0.05, 0.1) is 0 Å². The van der Waals surface area contributed by atoms with E-state index in [9.17, 15) is 19.2 Å². The molecule has 1 aromatic carbocycles. The molecule has 0 aromatic heterocycles. The Balaban J connectivity index is 3.47. The fourth-order valence-electron chi connectivity index (χ4n) is 3.72. The van der Waals surface area contributed by atoms with Gasteiger partial charge in [-0.2, -0.15) is 0 Å². The summed E-state index contributed by atoms with van der Waals surface area (Å²) in [5.74, 6) is 0.919. The van der Waals surface area contributed by atoms with Crippen LogP contribution in [0.2, 0.25) is 0 Å². The monoisotopic (exact) mass is 512 g/mol. The molecule has 3 atom stereocenters. The SMILES string of the molecule is C#Cc1ccc(C(C(=O)NC(C)CCC)N(CC=C)C(=O)C(CCC(N)=O)NC(=O)OC(C)(C)C)cc1. The molecule has 0 saturated heterocycles. The molecule has 37 heavy (non-hydrogen) atoms. The first-order valence-corrected chi connectivity index (χ1v) is 12.4. The summed E-state index contributed by atoms with van der Waals surface area (Å²) >= 11 is 0. The van der Waals surface area contributed by atoms with E-state index in [-0.39, 0.29) is 25.4 Å². The second kappa shape index (κ2) is 14.7. The molecule has 4 N–H and O–H groups in total. The third-order valence-corrected chi connectivity index (χ3v) is 5.34. The predicted octanol–water partition coefficient (Wildman–Crippen LogP) is 3.19. The average Bonchev–Trinajstić information content (AvgIpc) is 2.80.